The Balaban J connectivity index is 1.91. The average molecular weight is 278 g/mol. The first kappa shape index (κ1) is 15.4. The van der Waals surface area contributed by atoms with Gasteiger partial charge in [-0.2, -0.15) is 0 Å². The van der Waals surface area contributed by atoms with Crippen molar-refractivity contribution in [3.8, 4) is 0 Å². The highest BCUT2D eigenvalue weighted by Crippen LogP contribution is 2.18. The molecular weight excluding hydrogens is 252 g/mol. The second kappa shape index (κ2) is 8.37. The van der Waals surface area contributed by atoms with Gasteiger partial charge in [0.25, 0.3) is 0 Å². The molecule has 0 bridgehead atoms. The summed E-state index contributed by atoms with van der Waals surface area (Å²) in [5.74, 6) is 0. The molecule has 2 N–H and O–H groups in total. The van der Waals surface area contributed by atoms with Crippen molar-refractivity contribution >= 4 is 0 Å². The van der Waals surface area contributed by atoms with Gasteiger partial charge in [0.05, 0.1) is 25.9 Å². The van der Waals surface area contributed by atoms with Gasteiger partial charge in [-0.3, -0.25) is 4.90 Å². The van der Waals surface area contributed by atoms with Crippen molar-refractivity contribution < 1.29 is 9.84 Å². The first-order chi connectivity index (χ1) is 9.85. The molecule has 1 aromatic carbocycles. The van der Waals surface area contributed by atoms with Gasteiger partial charge in [-0.05, 0) is 18.5 Å². The number of aliphatic hydroxyl groups is 1. The lowest BCUT2D eigenvalue weighted by molar-refractivity contribution is -0.0286. The molecule has 4 heteroatoms. The van der Waals surface area contributed by atoms with E-state index in [1.54, 1.807) is 0 Å². The van der Waals surface area contributed by atoms with E-state index in [2.05, 4.69) is 47.5 Å². The molecule has 1 heterocycles. The number of benzene rings is 1. The molecule has 0 saturated carbocycles. The molecule has 0 radical (unpaired) electrons. The second-order valence-corrected chi connectivity index (χ2v) is 5.26. The minimum Gasteiger partial charge on any atom is -0.395 e. The number of nitrogens with one attached hydrogen (secondary N) is 1. The molecule has 4 nitrogen and oxygen atoms in total. The fourth-order valence-electron chi connectivity index (χ4n) is 2.76. The summed E-state index contributed by atoms with van der Waals surface area (Å²) in [5, 5.41) is 13.0. The van der Waals surface area contributed by atoms with E-state index in [9.17, 15) is 5.11 Å². The lowest BCUT2D eigenvalue weighted by atomic mass is 10.0. The first-order valence-electron chi connectivity index (χ1n) is 7.56. The molecule has 1 aliphatic heterocycles. The SMILES string of the molecule is CCNC(CCN1CCOCC1CO)c1ccccc1. The van der Waals surface area contributed by atoms with E-state index in [1.807, 2.05) is 0 Å². The minimum absolute atomic E-state index is 0.154. The van der Waals surface area contributed by atoms with Gasteiger partial charge in [0.2, 0.25) is 0 Å². The van der Waals surface area contributed by atoms with E-state index in [0.717, 1.165) is 32.7 Å². The zero-order valence-electron chi connectivity index (χ0n) is 12.3. The summed E-state index contributed by atoms with van der Waals surface area (Å²) in [6.45, 7) is 6.60. The summed E-state index contributed by atoms with van der Waals surface area (Å²) in [7, 11) is 0. The van der Waals surface area contributed by atoms with E-state index in [4.69, 9.17) is 4.74 Å². The highest BCUT2D eigenvalue weighted by molar-refractivity contribution is 5.18. The van der Waals surface area contributed by atoms with Gasteiger partial charge in [0.15, 0.2) is 0 Å². The zero-order valence-corrected chi connectivity index (χ0v) is 12.3. The van der Waals surface area contributed by atoms with Crippen molar-refractivity contribution in [2.24, 2.45) is 0 Å². The number of hydrogen-bond donors (Lipinski definition) is 2. The van der Waals surface area contributed by atoms with Crippen LogP contribution in [0.3, 0.4) is 0 Å². The minimum atomic E-state index is 0.154. The molecule has 112 valence electrons. The molecule has 0 aromatic heterocycles. The summed E-state index contributed by atoms with van der Waals surface area (Å²) in [6.07, 6.45) is 1.05. The van der Waals surface area contributed by atoms with E-state index in [0.29, 0.717) is 12.6 Å². The predicted molar refractivity (Wildman–Crippen MR) is 80.7 cm³/mol. The Kier molecular flexibility index (Phi) is 6.47. The standard InChI is InChI=1S/C16H26N2O2/c1-2-17-16(14-6-4-3-5-7-14)8-9-18-10-11-20-13-15(18)12-19/h3-7,15-17,19H,2,8-13H2,1H3. The zero-order chi connectivity index (χ0) is 14.2. The second-order valence-electron chi connectivity index (χ2n) is 5.26. The Morgan fingerprint density at radius 2 is 2.20 bits per heavy atom. The molecule has 2 rings (SSSR count). The fraction of sp³-hybridized carbons (Fsp3) is 0.625. The maximum Gasteiger partial charge on any atom is 0.0644 e. The van der Waals surface area contributed by atoms with Gasteiger partial charge in [-0.1, -0.05) is 37.3 Å². The van der Waals surface area contributed by atoms with Gasteiger partial charge in [-0.25, -0.2) is 0 Å². The van der Waals surface area contributed by atoms with Gasteiger partial charge in [0, 0.05) is 19.1 Å². The number of hydrogen-bond acceptors (Lipinski definition) is 4. The van der Waals surface area contributed by atoms with Crippen molar-refractivity contribution in [3.63, 3.8) is 0 Å². The van der Waals surface area contributed by atoms with Crippen LogP contribution in [-0.2, 0) is 4.74 Å². The Hall–Kier alpha value is -0.940. The van der Waals surface area contributed by atoms with Crippen molar-refractivity contribution in [1.29, 1.82) is 0 Å². The monoisotopic (exact) mass is 278 g/mol. The molecule has 20 heavy (non-hydrogen) atoms. The van der Waals surface area contributed by atoms with E-state index < -0.39 is 0 Å². The topological polar surface area (TPSA) is 44.7 Å². The van der Waals surface area contributed by atoms with E-state index in [-0.39, 0.29) is 12.6 Å². The third kappa shape index (κ3) is 4.28. The van der Waals surface area contributed by atoms with Crippen LogP contribution in [0.15, 0.2) is 30.3 Å². The Morgan fingerprint density at radius 3 is 2.90 bits per heavy atom. The summed E-state index contributed by atoms with van der Waals surface area (Å²) >= 11 is 0. The van der Waals surface area contributed by atoms with Gasteiger partial charge in [-0.15, -0.1) is 0 Å². The van der Waals surface area contributed by atoms with E-state index >= 15 is 0 Å². The normalized spacial score (nSPS) is 21.8. The van der Waals surface area contributed by atoms with Gasteiger partial charge >= 0.3 is 0 Å². The van der Waals surface area contributed by atoms with Crippen LogP contribution in [0.2, 0.25) is 0 Å². The molecule has 2 atom stereocenters. The van der Waals surface area contributed by atoms with Crippen LogP contribution in [0, 0.1) is 0 Å². The number of rotatable bonds is 7. The molecule has 1 aliphatic rings. The molecule has 1 aromatic rings. The third-order valence-electron chi connectivity index (χ3n) is 3.92. The van der Waals surface area contributed by atoms with Crippen molar-refractivity contribution in [1.82, 2.24) is 10.2 Å². The maximum atomic E-state index is 9.41. The molecule has 0 aliphatic carbocycles. The Labute approximate surface area is 121 Å². The first-order valence-corrected chi connectivity index (χ1v) is 7.56. The largest absolute Gasteiger partial charge is 0.395 e. The number of nitrogens with zero attached hydrogens (tertiary/aromatic N) is 1. The van der Waals surface area contributed by atoms with Crippen molar-refractivity contribution in [2.75, 3.05) is 39.5 Å². The van der Waals surface area contributed by atoms with Crippen LogP contribution in [0.1, 0.15) is 24.9 Å². The van der Waals surface area contributed by atoms with Crippen LogP contribution in [0.5, 0.6) is 0 Å². The molecule has 1 fully saturated rings. The third-order valence-corrected chi connectivity index (χ3v) is 3.92. The number of morpholine rings is 1. The lowest BCUT2D eigenvalue weighted by Crippen LogP contribution is -2.48. The lowest BCUT2D eigenvalue weighted by Gasteiger charge is -2.35. The molecule has 2 unspecified atom stereocenters. The quantitative estimate of drug-likeness (QED) is 0.792. The van der Waals surface area contributed by atoms with Crippen LogP contribution in [-0.4, -0.2) is 55.5 Å². The van der Waals surface area contributed by atoms with E-state index in [1.165, 1.54) is 5.56 Å². The van der Waals surface area contributed by atoms with Crippen LogP contribution in [0.25, 0.3) is 0 Å². The number of ether oxygens (including phenoxy) is 1. The smallest absolute Gasteiger partial charge is 0.0644 e. The Morgan fingerprint density at radius 1 is 1.40 bits per heavy atom. The molecule has 1 saturated heterocycles. The summed E-state index contributed by atoms with van der Waals surface area (Å²) in [5.41, 5.74) is 1.34. The van der Waals surface area contributed by atoms with Crippen LogP contribution in [0.4, 0.5) is 0 Å². The van der Waals surface area contributed by atoms with Crippen LogP contribution >= 0.6 is 0 Å². The van der Waals surface area contributed by atoms with Crippen molar-refractivity contribution in [2.45, 2.75) is 25.4 Å². The Bertz CT molecular complexity index is 372. The maximum absolute atomic E-state index is 9.41. The van der Waals surface area contributed by atoms with Crippen molar-refractivity contribution in [3.05, 3.63) is 35.9 Å². The number of aliphatic hydroxyl groups excluding tert-OH is 1. The molecular formula is C16H26N2O2. The highest BCUT2D eigenvalue weighted by Gasteiger charge is 2.23. The molecule has 0 spiro atoms. The van der Waals surface area contributed by atoms with Gasteiger partial charge < -0.3 is 15.2 Å². The van der Waals surface area contributed by atoms with Gasteiger partial charge in [0.1, 0.15) is 0 Å². The summed E-state index contributed by atoms with van der Waals surface area (Å²) < 4.78 is 5.42. The molecule has 0 amide bonds. The van der Waals surface area contributed by atoms with Crippen LogP contribution < -0.4 is 5.32 Å². The highest BCUT2D eigenvalue weighted by atomic mass is 16.5. The average Bonchev–Trinajstić information content (AvgIpc) is 2.52. The summed E-state index contributed by atoms with van der Waals surface area (Å²) in [4.78, 5) is 2.34. The fourth-order valence-corrected chi connectivity index (χ4v) is 2.76. The summed E-state index contributed by atoms with van der Waals surface area (Å²) in [6, 6.07) is 11.1. The predicted octanol–water partition coefficient (Wildman–Crippen LogP) is 1.42.